The first kappa shape index (κ1) is 22.5. The maximum atomic E-state index is 12.6. The van der Waals surface area contributed by atoms with Gasteiger partial charge in [-0.25, -0.2) is 0 Å². The van der Waals surface area contributed by atoms with E-state index in [1.165, 1.54) is 0 Å². The molecule has 0 aliphatic carbocycles. The lowest BCUT2D eigenvalue weighted by Crippen LogP contribution is -2.42. The van der Waals surface area contributed by atoms with E-state index in [-0.39, 0.29) is 30.9 Å². The molecule has 2 rings (SSSR count). The maximum absolute atomic E-state index is 12.6. The van der Waals surface area contributed by atoms with Crippen LogP contribution in [0.3, 0.4) is 0 Å². The van der Waals surface area contributed by atoms with Gasteiger partial charge in [0.1, 0.15) is 12.4 Å². The average molecular weight is 398 g/mol. The molecule has 156 valence electrons. The van der Waals surface area contributed by atoms with Crippen LogP contribution in [0.25, 0.3) is 0 Å². The highest BCUT2D eigenvalue weighted by Crippen LogP contribution is 2.19. The van der Waals surface area contributed by atoms with Crippen LogP contribution in [0.15, 0.2) is 48.5 Å². The number of hydrogen-bond donors (Lipinski definition) is 1. The molecule has 0 aliphatic rings. The molecule has 1 atom stereocenters. The van der Waals surface area contributed by atoms with E-state index in [9.17, 15) is 9.59 Å². The number of esters is 1. The molecule has 0 aliphatic heterocycles. The highest BCUT2D eigenvalue weighted by molar-refractivity contribution is 5.79. The molecule has 0 fully saturated rings. The minimum Gasteiger partial charge on any atom is -0.496 e. The van der Waals surface area contributed by atoms with Gasteiger partial charge in [0.2, 0.25) is 5.91 Å². The molecular formula is C24H31NO4. The Kier molecular flexibility index (Phi) is 7.82. The van der Waals surface area contributed by atoms with E-state index in [1.54, 1.807) is 7.11 Å². The van der Waals surface area contributed by atoms with Crippen LogP contribution in [0, 0.1) is 12.3 Å². The molecule has 2 aromatic carbocycles. The zero-order chi connectivity index (χ0) is 21.4. The van der Waals surface area contributed by atoms with E-state index >= 15 is 0 Å². The second kappa shape index (κ2) is 10.1. The lowest BCUT2D eigenvalue weighted by Gasteiger charge is -2.22. The summed E-state index contributed by atoms with van der Waals surface area (Å²) in [5.41, 5.74) is 2.38. The zero-order valence-corrected chi connectivity index (χ0v) is 18.0. The molecule has 1 N–H and O–H groups in total. The topological polar surface area (TPSA) is 64.6 Å². The van der Waals surface area contributed by atoms with E-state index in [1.807, 2.05) is 76.2 Å². The van der Waals surface area contributed by atoms with Crippen LogP contribution in [0.4, 0.5) is 0 Å². The third-order valence-corrected chi connectivity index (χ3v) is 4.56. The van der Waals surface area contributed by atoms with Crippen molar-refractivity contribution in [1.29, 1.82) is 0 Å². The van der Waals surface area contributed by atoms with Crippen LogP contribution in [0.2, 0.25) is 0 Å². The molecule has 5 nitrogen and oxygen atoms in total. The second-order valence-corrected chi connectivity index (χ2v) is 8.28. The standard InChI is InChI=1S/C24H31NO4/c1-17-11-12-19(14-21(17)28-5)15-22(26)25-20(13-18-9-7-6-8-10-18)16-29-23(27)24(2,3)4/h6-12,14,20H,13,15-16H2,1-5H3,(H,25,26). The second-order valence-electron chi connectivity index (χ2n) is 8.28. The van der Waals surface area contributed by atoms with Crippen LogP contribution in [0.5, 0.6) is 5.75 Å². The number of hydrogen-bond acceptors (Lipinski definition) is 4. The SMILES string of the molecule is COc1cc(CC(=O)NC(COC(=O)C(C)(C)C)Cc2ccccc2)ccc1C. The van der Waals surface area contributed by atoms with Gasteiger partial charge in [-0.15, -0.1) is 0 Å². The Balaban J connectivity index is 2.05. The minimum absolute atomic E-state index is 0.122. The molecule has 0 aromatic heterocycles. The third-order valence-electron chi connectivity index (χ3n) is 4.56. The fraction of sp³-hybridized carbons (Fsp3) is 0.417. The summed E-state index contributed by atoms with van der Waals surface area (Å²) in [5.74, 6) is 0.354. The Labute approximate surface area is 173 Å². The van der Waals surface area contributed by atoms with Crippen molar-refractivity contribution in [2.24, 2.45) is 5.41 Å². The van der Waals surface area contributed by atoms with Gasteiger partial charge < -0.3 is 14.8 Å². The number of carbonyl (C=O) groups excluding carboxylic acids is 2. The number of methoxy groups -OCH3 is 1. The first-order valence-electron chi connectivity index (χ1n) is 9.83. The Morgan fingerprint density at radius 3 is 2.34 bits per heavy atom. The van der Waals surface area contributed by atoms with Crippen molar-refractivity contribution in [3.8, 4) is 5.75 Å². The van der Waals surface area contributed by atoms with E-state index in [4.69, 9.17) is 9.47 Å². The lowest BCUT2D eigenvalue weighted by atomic mass is 9.97. The number of amides is 1. The largest absolute Gasteiger partial charge is 0.496 e. The van der Waals surface area contributed by atoms with Crippen molar-refractivity contribution in [1.82, 2.24) is 5.32 Å². The van der Waals surface area contributed by atoms with Crippen LogP contribution in [-0.2, 0) is 27.2 Å². The van der Waals surface area contributed by atoms with Gasteiger partial charge in [-0.3, -0.25) is 9.59 Å². The van der Waals surface area contributed by atoms with Crippen LogP contribution >= 0.6 is 0 Å². The quantitative estimate of drug-likeness (QED) is 0.687. The summed E-state index contributed by atoms with van der Waals surface area (Å²) in [5, 5.41) is 3.02. The smallest absolute Gasteiger partial charge is 0.311 e. The van der Waals surface area contributed by atoms with Crippen molar-refractivity contribution in [3.63, 3.8) is 0 Å². The third kappa shape index (κ3) is 7.26. The zero-order valence-electron chi connectivity index (χ0n) is 18.0. The van der Waals surface area contributed by atoms with Gasteiger partial charge in [-0.1, -0.05) is 42.5 Å². The van der Waals surface area contributed by atoms with Crippen LogP contribution in [0.1, 0.15) is 37.5 Å². The van der Waals surface area contributed by atoms with Crippen molar-refractivity contribution >= 4 is 11.9 Å². The van der Waals surface area contributed by atoms with E-state index in [0.717, 1.165) is 22.4 Å². The molecule has 2 aromatic rings. The Bertz CT molecular complexity index is 825. The summed E-state index contributed by atoms with van der Waals surface area (Å²) in [6.07, 6.45) is 0.816. The number of benzene rings is 2. The number of aryl methyl sites for hydroxylation is 1. The summed E-state index contributed by atoms with van der Waals surface area (Å²) < 4.78 is 10.8. The molecule has 0 spiro atoms. The Morgan fingerprint density at radius 2 is 1.72 bits per heavy atom. The molecule has 1 unspecified atom stereocenters. The number of carbonyl (C=O) groups is 2. The van der Waals surface area contributed by atoms with Gasteiger partial charge in [-0.2, -0.15) is 0 Å². The van der Waals surface area contributed by atoms with Crippen molar-refractivity contribution in [2.75, 3.05) is 13.7 Å². The molecule has 1 amide bonds. The molecule has 5 heteroatoms. The summed E-state index contributed by atoms with van der Waals surface area (Å²) in [6.45, 7) is 7.52. The maximum Gasteiger partial charge on any atom is 0.311 e. The highest BCUT2D eigenvalue weighted by atomic mass is 16.5. The monoisotopic (exact) mass is 397 g/mol. The summed E-state index contributed by atoms with van der Waals surface area (Å²) >= 11 is 0. The van der Waals surface area contributed by atoms with Crippen molar-refractivity contribution in [3.05, 3.63) is 65.2 Å². The summed E-state index contributed by atoms with van der Waals surface area (Å²) in [4.78, 5) is 24.8. The predicted octanol–water partition coefficient (Wildman–Crippen LogP) is 3.86. The molecule has 0 radical (unpaired) electrons. The molecule has 0 heterocycles. The van der Waals surface area contributed by atoms with Crippen molar-refractivity contribution in [2.45, 2.75) is 46.6 Å². The molecular weight excluding hydrogens is 366 g/mol. The van der Waals surface area contributed by atoms with Crippen LogP contribution < -0.4 is 10.1 Å². The molecule has 0 saturated heterocycles. The number of nitrogens with one attached hydrogen (secondary N) is 1. The van der Waals surface area contributed by atoms with Crippen molar-refractivity contribution < 1.29 is 19.1 Å². The van der Waals surface area contributed by atoms with E-state index in [0.29, 0.717) is 6.42 Å². The molecule has 29 heavy (non-hydrogen) atoms. The Hall–Kier alpha value is -2.82. The van der Waals surface area contributed by atoms with Gasteiger partial charge in [0.15, 0.2) is 0 Å². The fourth-order valence-electron chi connectivity index (χ4n) is 2.88. The Morgan fingerprint density at radius 1 is 1.03 bits per heavy atom. The van der Waals surface area contributed by atoms with Crippen LogP contribution in [-0.4, -0.2) is 31.6 Å². The normalized spacial score (nSPS) is 12.2. The minimum atomic E-state index is -0.584. The average Bonchev–Trinajstić information content (AvgIpc) is 2.67. The van der Waals surface area contributed by atoms with Gasteiger partial charge >= 0.3 is 5.97 Å². The first-order valence-corrected chi connectivity index (χ1v) is 9.83. The number of rotatable bonds is 8. The number of ether oxygens (including phenoxy) is 2. The van der Waals surface area contributed by atoms with Gasteiger partial charge in [0.05, 0.1) is 25.0 Å². The van der Waals surface area contributed by atoms with Gasteiger partial charge in [-0.05, 0) is 56.9 Å². The fourth-order valence-corrected chi connectivity index (χ4v) is 2.88. The van der Waals surface area contributed by atoms with Gasteiger partial charge in [0.25, 0.3) is 0 Å². The van der Waals surface area contributed by atoms with E-state index < -0.39 is 5.41 Å². The first-order chi connectivity index (χ1) is 13.7. The predicted molar refractivity (Wildman–Crippen MR) is 114 cm³/mol. The van der Waals surface area contributed by atoms with E-state index in [2.05, 4.69) is 5.32 Å². The molecule has 0 bridgehead atoms. The highest BCUT2D eigenvalue weighted by Gasteiger charge is 2.25. The van der Waals surface area contributed by atoms with Gasteiger partial charge in [0, 0.05) is 0 Å². The summed E-state index contributed by atoms with van der Waals surface area (Å²) in [7, 11) is 1.62. The lowest BCUT2D eigenvalue weighted by molar-refractivity contribution is -0.154. The molecule has 0 saturated carbocycles. The summed E-state index contributed by atoms with van der Waals surface area (Å²) in [6, 6.07) is 15.3.